The number of thiophene rings is 1. The number of rotatable bonds is 5. The lowest BCUT2D eigenvalue weighted by Gasteiger charge is -2.09. The number of hydrogen-bond donors (Lipinski definition) is 1. The third kappa shape index (κ3) is 4.35. The minimum Gasteiger partial charge on any atom is -0.348 e. The van der Waals surface area contributed by atoms with Crippen molar-refractivity contribution in [3.8, 4) is 22.3 Å². The molecular formula is C21H18N4O3S2. The molecule has 3 aromatic rings. The Morgan fingerprint density at radius 2 is 2.07 bits per heavy atom. The first kappa shape index (κ1) is 20.1. The van der Waals surface area contributed by atoms with Gasteiger partial charge in [0.05, 0.1) is 22.1 Å². The van der Waals surface area contributed by atoms with Gasteiger partial charge < -0.3 is 5.32 Å². The first-order valence-corrected chi connectivity index (χ1v) is 12.0. The van der Waals surface area contributed by atoms with Crippen molar-refractivity contribution in [3.05, 3.63) is 65.2 Å². The Balaban J connectivity index is 1.67. The Labute approximate surface area is 178 Å². The van der Waals surface area contributed by atoms with Crippen LogP contribution in [0.4, 0.5) is 0 Å². The van der Waals surface area contributed by atoms with Crippen molar-refractivity contribution >= 4 is 33.2 Å². The fourth-order valence-corrected chi connectivity index (χ4v) is 5.69. The van der Waals surface area contributed by atoms with Gasteiger partial charge in [0.15, 0.2) is 9.84 Å². The second kappa shape index (κ2) is 8.26. The number of aromatic nitrogens is 2. The molecule has 3 heterocycles. The molecule has 4 rings (SSSR count). The highest BCUT2D eigenvalue weighted by Crippen LogP contribution is 2.29. The summed E-state index contributed by atoms with van der Waals surface area (Å²) in [6, 6.07) is 14.8. The fraction of sp³-hybridized carbons (Fsp3) is 0.190. The van der Waals surface area contributed by atoms with E-state index in [9.17, 15) is 18.5 Å². The van der Waals surface area contributed by atoms with Crippen LogP contribution in [0.15, 0.2) is 59.6 Å². The van der Waals surface area contributed by atoms with Crippen LogP contribution in [0.5, 0.6) is 0 Å². The zero-order chi connectivity index (χ0) is 21.1. The number of carbonyl (C=O) groups excluding carboxylic acids is 1. The molecule has 1 aliphatic rings. The number of nitrogens with zero attached hydrogens (tertiary/aromatic N) is 3. The summed E-state index contributed by atoms with van der Waals surface area (Å²) in [6.45, 7) is 0. The number of nitriles is 1. The number of para-hydroxylation sites is 1. The lowest BCUT2D eigenvalue weighted by Crippen LogP contribution is -2.36. The van der Waals surface area contributed by atoms with Crippen LogP contribution in [0.25, 0.3) is 22.3 Å². The lowest BCUT2D eigenvalue weighted by molar-refractivity contribution is -0.117. The van der Waals surface area contributed by atoms with E-state index in [0.717, 1.165) is 10.6 Å². The topological polar surface area (TPSA) is 105 Å². The van der Waals surface area contributed by atoms with Crippen LogP contribution in [0.1, 0.15) is 12.0 Å². The minimum absolute atomic E-state index is 0.0515. The van der Waals surface area contributed by atoms with Gasteiger partial charge in [-0.3, -0.25) is 4.79 Å². The van der Waals surface area contributed by atoms with Crippen LogP contribution in [0, 0.1) is 11.3 Å². The molecular weight excluding hydrogens is 420 g/mol. The molecule has 7 nitrogen and oxygen atoms in total. The highest BCUT2D eigenvalue weighted by Gasteiger charge is 2.29. The summed E-state index contributed by atoms with van der Waals surface area (Å²) in [5.74, 6) is -0.621. The van der Waals surface area contributed by atoms with Gasteiger partial charge in [-0.05, 0) is 36.1 Å². The maximum atomic E-state index is 12.6. The second-order valence-corrected chi connectivity index (χ2v) is 10.1. The van der Waals surface area contributed by atoms with Gasteiger partial charge in [-0.25, -0.2) is 13.1 Å². The zero-order valence-electron chi connectivity index (χ0n) is 15.9. The van der Waals surface area contributed by atoms with Crippen LogP contribution in [0.3, 0.4) is 0 Å². The smallest absolute Gasteiger partial charge is 0.262 e. The molecule has 0 aliphatic carbocycles. The van der Waals surface area contributed by atoms with E-state index in [0.29, 0.717) is 17.7 Å². The first-order valence-electron chi connectivity index (χ1n) is 9.27. The van der Waals surface area contributed by atoms with E-state index < -0.39 is 21.8 Å². The average molecular weight is 439 g/mol. The summed E-state index contributed by atoms with van der Waals surface area (Å²) in [4.78, 5) is 13.5. The average Bonchev–Trinajstić information content (AvgIpc) is 3.46. The van der Waals surface area contributed by atoms with Crippen molar-refractivity contribution in [2.45, 2.75) is 12.5 Å². The van der Waals surface area contributed by atoms with E-state index in [-0.39, 0.29) is 17.1 Å². The highest BCUT2D eigenvalue weighted by molar-refractivity contribution is 7.91. The van der Waals surface area contributed by atoms with Crippen molar-refractivity contribution in [3.63, 3.8) is 0 Å². The van der Waals surface area contributed by atoms with Crippen LogP contribution in [-0.4, -0.2) is 41.7 Å². The number of sulfone groups is 1. The summed E-state index contributed by atoms with van der Waals surface area (Å²) in [5, 5.41) is 18.8. The number of benzene rings is 1. The van der Waals surface area contributed by atoms with Gasteiger partial charge in [-0.15, -0.1) is 11.3 Å². The van der Waals surface area contributed by atoms with Crippen molar-refractivity contribution in [1.82, 2.24) is 15.1 Å². The van der Waals surface area contributed by atoms with E-state index in [1.807, 2.05) is 53.9 Å². The number of hydrogen-bond acceptors (Lipinski definition) is 6. The molecule has 0 bridgehead atoms. The van der Waals surface area contributed by atoms with E-state index in [1.54, 1.807) is 10.9 Å². The molecule has 1 aromatic carbocycles. The van der Waals surface area contributed by atoms with E-state index >= 15 is 0 Å². The van der Waals surface area contributed by atoms with Crippen molar-refractivity contribution in [1.29, 1.82) is 5.26 Å². The Hall–Kier alpha value is -3.22. The van der Waals surface area contributed by atoms with Gasteiger partial charge in [0.25, 0.3) is 5.91 Å². The Morgan fingerprint density at radius 3 is 2.70 bits per heavy atom. The molecule has 1 aliphatic heterocycles. The summed E-state index contributed by atoms with van der Waals surface area (Å²) in [6.07, 6.45) is 3.63. The quantitative estimate of drug-likeness (QED) is 0.487. The molecule has 152 valence electrons. The predicted octanol–water partition coefficient (Wildman–Crippen LogP) is 2.81. The molecule has 9 heteroatoms. The Kier molecular flexibility index (Phi) is 5.53. The fourth-order valence-electron chi connectivity index (χ4n) is 3.29. The van der Waals surface area contributed by atoms with Gasteiger partial charge >= 0.3 is 0 Å². The van der Waals surface area contributed by atoms with Gasteiger partial charge in [-0.2, -0.15) is 10.4 Å². The monoisotopic (exact) mass is 438 g/mol. The van der Waals surface area contributed by atoms with E-state index in [2.05, 4.69) is 10.4 Å². The standard InChI is InChI=1S/C21H18N4O3S2/c22-12-15(21(26)23-17-8-10-30(27,28)14-17)11-16-13-25(18-5-2-1-3-6-18)24-20(16)19-7-4-9-29-19/h1-7,9,11,13,17H,8,10,14H2,(H,23,26)/b15-11+/t17-/m0/s1. The van der Waals surface area contributed by atoms with Gasteiger partial charge in [0.1, 0.15) is 17.3 Å². The molecule has 0 unspecified atom stereocenters. The second-order valence-electron chi connectivity index (χ2n) is 6.93. The maximum Gasteiger partial charge on any atom is 0.262 e. The Morgan fingerprint density at radius 1 is 1.27 bits per heavy atom. The van der Waals surface area contributed by atoms with E-state index in [1.165, 1.54) is 17.4 Å². The van der Waals surface area contributed by atoms with E-state index in [4.69, 9.17) is 0 Å². The maximum absolute atomic E-state index is 12.6. The lowest BCUT2D eigenvalue weighted by atomic mass is 10.1. The molecule has 0 radical (unpaired) electrons. The molecule has 1 saturated heterocycles. The number of amides is 1. The molecule has 0 saturated carbocycles. The zero-order valence-corrected chi connectivity index (χ0v) is 17.5. The van der Waals surface area contributed by atoms with Gasteiger partial charge in [-0.1, -0.05) is 24.3 Å². The minimum atomic E-state index is -3.13. The predicted molar refractivity (Wildman–Crippen MR) is 116 cm³/mol. The summed E-state index contributed by atoms with van der Waals surface area (Å²) in [5.41, 5.74) is 2.06. The summed E-state index contributed by atoms with van der Waals surface area (Å²) in [7, 11) is -3.13. The molecule has 30 heavy (non-hydrogen) atoms. The molecule has 1 fully saturated rings. The molecule has 1 N–H and O–H groups in total. The first-order chi connectivity index (χ1) is 14.4. The van der Waals surface area contributed by atoms with Crippen molar-refractivity contribution in [2.75, 3.05) is 11.5 Å². The highest BCUT2D eigenvalue weighted by atomic mass is 32.2. The third-order valence-corrected chi connectivity index (χ3v) is 7.39. The van der Waals surface area contributed by atoms with Crippen LogP contribution < -0.4 is 5.32 Å². The van der Waals surface area contributed by atoms with Crippen molar-refractivity contribution < 1.29 is 13.2 Å². The summed E-state index contributed by atoms with van der Waals surface area (Å²) < 4.78 is 25.0. The normalized spacial score (nSPS) is 18.1. The molecule has 1 amide bonds. The summed E-state index contributed by atoms with van der Waals surface area (Å²) >= 11 is 1.51. The SMILES string of the molecule is N#C/C(=C\c1cn(-c2ccccc2)nc1-c1cccs1)C(=O)N[C@H]1CCS(=O)(=O)C1. The number of nitrogens with one attached hydrogen (secondary N) is 1. The van der Waals surface area contributed by atoms with Crippen LogP contribution in [0.2, 0.25) is 0 Å². The molecule has 1 atom stereocenters. The molecule has 0 spiro atoms. The van der Waals surface area contributed by atoms with Gasteiger partial charge in [0.2, 0.25) is 0 Å². The van der Waals surface area contributed by atoms with Crippen LogP contribution in [-0.2, 0) is 14.6 Å². The Bertz CT molecular complexity index is 1240. The largest absolute Gasteiger partial charge is 0.348 e. The van der Waals surface area contributed by atoms with Gasteiger partial charge in [0, 0.05) is 17.8 Å². The third-order valence-electron chi connectivity index (χ3n) is 4.75. The van der Waals surface area contributed by atoms with Crippen LogP contribution >= 0.6 is 11.3 Å². The number of carbonyl (C=O) groups is 1. The van der Waals surface area contributed by atoms with Crippen molar-refractivity contribution in [2.24, 2.45) is 0 Å². The molecule has 2 aromatic heterocycles.